The highest BCUT2D eigenvalue weighted by Crippen LogP contribution is 2.58. The fraction of sp³-hybridized carbons (Fsp3) is 0.314. The van der Waals surface area contributed by atoms with Crippen LogP contribution in [0.2, 0.25) is 12.6 Å². The minimum absolute atomic E-state index is 0.532. The first-order valence-corrected chi connectivity index (χ1v) is 17.0. The van der Waals surface area contributed by atoms with Gasteiger partial charge < -0.3 is 0 Å². The molecule has 0 atom stereocenters. The molecule has 0 radical (unpaired) electrons. The topological polar surface area (TPSA) is 0 Å². The zero-order valence-electron chi connectivity index (χ0n) is 21.8. The van der Waals surface area contributed by atoms with E-state index in [-0.39, 0.29) is 0 Å². The quantitative estimate of drug-likeness (QED) is 0.163. The Hall–Kier alpha value is -2.90. The lowest BCUT2D eigenvalue weighted by atomic mass is 10.1. The lowest BCUT2D eigenvalue weighted by Gasteiger charge is -2.41. The van der Waals surface area contributed by atoms with Crippen LogP contribution in [-0.4, -0.2) is 8.07 Å². The maximum Gasteiger partial charge on any atom is 0.0761 e. The van der Waals surface area contributed by atoms with Gasteiger partial charge in [-0.3, -0.25) is 0 Å². The third-order valence-corrected chi connectivity index (χ3v) is 14.4. The fourth-order valence-electron chi connectivity index (χ4n) is 7.47. The smallest absolute Gasteiger partial charge is 0.0677 e. The van der Waals surface area contributed by atoms with Crippen molar-refractivity contribution in [3.63, 3.8) is 0 Å². The van der Waals surface area contributed by atoms with Crippen LogP contribution in [-0.2, 0) is 0 Å². The predicted octanol–water partition coefficient (Wildman–Crippen LogP) is 10.1. The number of fused-ring (bicyclic) bond motifs is 6. The summed E-state index contributed by atoms with van der Waals surface area (Å²) in [6.07, 6.45) is 8.19. The highest BCUT2D eigenvalue weighted by atomic mass is 28.3. The molecule has 0 spiro atoms. The van der Waals surface area contributed by atoms with Gasteiger partial charge in [-0.15, -0.1) is 0 Å². The summed E-state index contributed by atoms with van der Waals surface area (Å²) in [7, 11) is -1.96. The molecule has 0 N–H and O–H groups in total. The summed E-state index contributed by atoms with van der Waals surface area (Å²) in [4.78, 5) is 0. The Morgan fingerprint density at radius 1 is 0.472 bits per heavy atom. The molecule has 6 rings (SSSR count). The van der Waals surface area contributed by atoms with Crippen molar-refractivity contribution in [3.05, 3.63) is 119 Å². The van der Waals surface area contributed by atoms with Gasteiger partial charge in [-0.1, -0.05) is 155 Å². The number of rotatable bonds is 9. The van der Waals surface area contributed by atoms with Crippen molar-refractivity contribution in [1.82, 2.24) is 0 Å². The van der Waals surface area contributed by atoms with E-state index in [1.165, 1.54) is 66.8 Å². The molecule has 1 heteroatoms. The summed E-state index contributed by atoms with van der Waals surface area (Å²) >= 11 is 0. The Balaban J connectivity index is 1.49. The molecule has 0 bridgehead atoms. The fourth-order valence-corrected chi connectivity index (χ4v) is 13.2. The van der Waals surface area contributed by atoms with Crippen LogP contribution in [0.3, 0.4) is 0 Å². The van der Waals surface area contributed by atoms with Gasteiger partial charge in [0.25, 0.3) is 0 Å². The first-order valence-electron chi connectivity index (χ1n) is 14.1. The molecule has 2 aliphatic rings. The Labute approximate surface area is 218 Å². The molecule has 2 aliphatic carbocycles. The summed E-state index contributed by atoms with van der Waals surface area (Å²) in [6, 6.07) is 38.6. The second kappa shape index (κ2) is 9.86. The zero-order valence-corrected chi connectivity index (χ0v) is 22.8. The van der Waals surface area contributed by atoms with Crippen molar-refractivity contribution < 1.29 is 0 Å². The van der Waals surface area contributed by atoms with Crippen molar-refractivity contribution in [2.45, 2.75) is 69.1 Å². The van der Waals surface area contributed by atoms with E-state index in [1.54, 1.807) is 22.3 Å². The van der Waals surface area contributed by atoms with E-state index in [2.05, 4.69) is 111 Å². The normalized spacial score (nSPS) is 14.4. The second-order valence-corrected chi connectivity index (χ2v) is 15.9. The average Bonchev–Trinajstić information content (AvgIpc) is 3.45. The Kier molecular flexibility index (Phi) is 6.44. The van der Waals surface area contributed by atoms with E-state index < -0.39 is 8.07 Å². The molecule has 0 fully saturated rings. The molecule has 0 saturated heterocycles. The molecule has 182 valence electrons. The Morgan fingerprint density at radius 3 is 1.19 bits per heavy atom. The van der Waals surface area contributed by atoms with Crippen LogP contribution >= 0.6 is 0 Å². The van der Waals surface area contributed by atoms with Gasteiger partial charge in [0, 0.05) is 11.1 Å². The summed E-state index contributed by atoms with van der Waals surface area (Å²) in [6.45, 7) is 5.07. The lowest BCUT2D eigenvalue weighted by molar-refractivity contribution is 0.620. The van der Waals surface area contributed by atoms with Gasteiger partial charge in [-0.25, -0.2) is 0 Å². The van der Waals surface area contributed by atoms with Crippen molar-refractivity contribution in [2.24, 2.45) is 0 Å². The van der Waals surface area contributed by atoms with Crippen molar-refractivity contribution >= 4 is 8.07 Å². The lowest BCUT2D eigenvalue weighted by Crippen LogP contribution is -2.45. The van der Waals surface area contributed by atoms with Crippen LogP contribution in [0, 0.1) is 0 Å². The average molecular weight is 487 g/mol. The van der Waals surface area contributed by atoms with E-state index in [0.29, 0.717) is 11.1 Å². The maximum absolute atomic E-state index is 2.76. The van der Waals surface area contributed by atoms with Crippen LogP contribution in [0.4, 0.5) is 0 Å². The van der Waals surface area contributed by atoms with Crippen LogP contribution in [0.25, 0.3) is 22.3 Å². The van der Waals surface area contributed by atoms with Crippen molar-refractivity contribution in [3.8, 4) is 22.3 Å². The molecule has 0 aromatic heterocycles. The van der Waals surface area contributed by atoms with Crippen LogP contribution in [0.15, 0.2) is 97.1 Å². The van der Waals surface area contributed by atoms with E-state index in [0.717, 1.165) is 0 Å². The van der Waals surface area contributed by atoms with Crippen molar-refractivity contribution in [2.75, 3.05) is 0 Å². The number of benzene rings is 4. The van der Waals surface area contributed by atoms with Gasteiger partial charge in [-0.2, -0.15) is 0 Å². The van der Waals surface area contributed by atoms with Crippen LogP contribution in [0.5, 0.6) is 0 Å². The molecule has 4 aromatic carbocycles. The molecular weight excluding hydrogens is 448 g/mol. The number of hydrogen-bond donors (Lipinski definition) is 0. The standard InChI is InChI=1S/C35H38Si/c1-3-4-5-6-7-16-25-36(2,34-30-21-12-8-17-26(30)27-18-9-13-22-31(27)34)35-32-23-14-10-19-28(32)29-20-11-15-24-33(29)35/h8-15,17-24,34-35H,3-7,16,25H2,1-2H3. The highest BCUT2D eigenvalue weighted by Gasteiger charge is 2.51. The molecule has 0 nitrogen and oxygen atoms in total. The van der Waals surface area contributed by atoms with Gasteiger partial charge >= 0.3 is 0 Å². The molecule has 36 heavy (non-hydrogen) atoms. The van der Waals surface area contributed by atoms with E-state index in [4.69, 9.17) is 0 Å². The number of unbranched alkanes of at least 4 members (excludes halogenated alkanes) is 5. The minimum Gasteiger partial charge on any atom is -0.0677 e. The van der Waals surface area contributed by atoms with Gasteiger partial charge in [0.05, 0.1) is 8.07 Å². The van der Waals surface area contributed by atoms with Gasteiger partial charge in [0.2, 0.25) is 0 Å². The predicted molar refractivity (Wildman–Crippen MR) is 157 cm³/mol. The molecule has 0 aliphatic heterocycles. The van der Waals surface area contributed by atoms with Crippen LogP contribution < -0.4 is 0 Å². The summed E-state index contributed by atoms with van der Waals surface area (Å²) in [5, 5.41) is 0. The first kappa shape index (κ1) is 23.5. The summed E-state index contributed by atoms with van der Waals surface area (Å²) in [5.74, 6) is 0. The van der Waals surface area contributed by atoms with E-state index >= 15 is 0 Å². The third-order valence-electron chi connectivity index (χ3n) is 9.06. The Morgan fingerprint density at radius 2 is 0.806 bits per heavy atom. The summed E-state index contributed by atoms with van der Waals surface area (Å²) in [5.41, 5.74) is 13.3. The van der Waals surface area contributed by atoms with Gasteiger partial charge in [0.15, 0.2) is 0 Å². The first-order chi connectivity index (χ1) is 17.7. The molecule has 4 aromatic rings. The molecule has 0 heterocycles. The number of hydrogen-bond acceptors (Lipinski definition) is 0. The molecule has 0 saturated carbocycles. The Bertz CT molecular complexity index is 1180. The van der Waals surface area contributed by atoms with E-state index in [9.17, 15) is 0 Å². The summed E-state index contributed by atoms with van der Waals surface area (Å²) < 4.78 is 0. The SMILES string of the molecule is CCCCCCCC[Si](C)(C1c2ccccc2-c2ccccc21)C1c2ccccc2-c2ccccc21. The van der Waals surface area contributed by atoms with Crippen molar-refractivity contribution in [1.29, 1.82) is 0 Å². The molecule has 0 amide bonds. The van der Waals surface area contributed by atoms with Gasteiger partial charge in [-0.05, 0) is 44.5 Å². The minimum atomic E-state index is -1.96. The maximum atomic E-state index is 2.76. The van der Waals surface area contributed by atoms with E-state index in [1.807, 2.05) is 0 Å². The molecular formula is C35H38Si. The monoisotopic (exact) mass is 486 g/mol. The largest absolute Gasteiger partial charge is 0.0761 e. The second-order valence-electron chi connectivity index (χ2n) is 11.2. The third kappa shape index (κ3) is 3.80. The molecule has 0 unspecified atom stereocenters. The zero-order chi connectivity index (χ0) is 24.5. The highest BCUT2D eigenvalue weighted by molar-refractivity contribution is 6.83. The van der Waals surface area contributed by atoms with Crippen LogP contribution in [0.1, 0.15) is 78.8 Å². The van der Waals surface area contributed by atoms with Gasteiger partial charge in [0.1, 0.15) is 0 Å².